The third-order valence-corrected chi connectivity index (χ3v) is 3.78. The molecule has 0 saturated heterocycles. The maximum atomic E-state index is 12.0. The molecule has 2 amide bonds. The maximum Gasteiger partial charge on any atom is 0.244 e. The summed E-state index contributed by atoms with van der Waals surface area (Å²) in [4.78, 5) is 23.9. The summed E-state index contributed by atoms with van der Waals surface area (Å²) in [6.07, 6.45) is 2.47. The second kappa shape index (κ2) is 5.48. The molecule has 1 fully saturated rings. The van der Waals surface area contributed by atoms with Gasteiger partial charge in [0.15, 0.2) is 0 Å². The highest BCUT2D eigenvalue weighted by atomic mass is 16.2. The van der Waals surface area contributed by atoms with Gasteiger partial charge in [-0.1, -0.05) is 20.8 Å². The Balaban J connectivity index is 1.96. The quantitative estimate of drug-likeness (QED) is 0.799. The van der Waals surface area contributed by atoms with E-state index in [0.717, 1.165) is 19.3 Å². The molecule has 114 valence electrons. The fraction of sp³-hybridized carbons (Fsp3) is 0.500. The van der Waals surface area contributed by atoms with Crippen molar-refractivity contribution in [2.75, 3.05) is 10.6 Å². The van der Waals surface area contributed by atoms with Crippen LogP contribution in [0.4, 0.5) is 11.4 Å². The van der Waals surface area contributed by atoms with Crippen molar-refractivity contribution in [3.05, 3.63) is 24.3 Å². The van der Waals surface area contributed by atoms with Crippen molar-refractivity contribution < 1.29 is 9.59 Å². The summed E-state index contributed by atoms with van der Waals surface area (Å²) in [5.41, 5.74) is 6.21. The van der Waals surface area contributed by atoms with Gasteiger partial charge in [-0.3, -0.25) is 9.59 Å². The van der Waals surface area contributed by atoms with Crippen molar-refractivity contribution >= 4 is 23.2 Å². The first-order valence-electron chi connectivity index (χ1n) is 7.23. The van der Waals surface area contributed by atoms with Crippen molar-refractivity contribution in [3.8, 4) is 0 Å². The highest BCUT2D eigenvalue weighted by Gasteiger charge is 2.40. The summed E-state index contributed by atoms with van der Waals surface area (Å²) in [6.45, 7) is 5.57. The zero-order valence-corrected chi connectivity index (χ0v) is 12.8. The molecule has 5 heteroatoms. The number of nitrogens with two attached hydrogens (primary N) is 1. The Bertz CT molecular complexity index is 540. The van der Waals surface area contributed by atoms with Gasteiger partial charge in [-0.05, 0) is 43.5 Å². The summed E-state index contributed by atoms with van der Waals surface area (Å²) in [7, 11) is 0. The van der Waals surface area contributed by atoms with Crippen LogP contribution >= 0.6 is 0 Å². The molecule has 0 atom stereocenters. The van der Waals surface area contributed by atoms with Crippen LogP contribution < -0.4 is 16.4 Å². The van der Waals surface area contributed by atoms with Gasteiger partial charge in [0.1, 0.15) is 0 Å². The number of benzene rings is 1. The topological polar surface area (TPSA) is 84.2 Å². The van der Waals surface area contributed by atoms with Crippen molar-refractivity contribution in [1.82, 2.24) is 0 Å². The van der Waals surface area contributed by atoms with Gasteiger partial charge in [0.05, 0.1) is 5.54 Å². The standard InChI is InChI=1S/C16H23N3O2/c1-15(2,3)13(20)18-11-5-7-12(8-6-11)19-14(21)16(17)9-4-10-16/h5-8H,4,9-10,17H2,1-3H3,(H,18,20)(H,19,21). The molecule has 0 bridgehead atoms. The lowest BCUT2D eigenvalue weighted by atomic mass is 9.77. The highest BCUT2D eigenvalue weighted by Crippen LogP contribution is 2.30. The lowest BCUT2D eigenvalue weighted by molar-refractivity contribution is -0.124. The number of nitrogens with one attached hydrogen (secondary N) is 2. The van der Waals surface area contributed by atoms with Crippen LogP contribution in [-0.4, -0.2) is 17.4 Å². The lowest BCUT2D eigenvalue weighted by Crippen LogP contribution is -2.56. The summed E-state index contributed by atoms with van der Waals surface area (Å²) < 4.78 is 0. The van der Waals surface area contributed by atoms with Crippen LogP contribution in [0.1, 0.15) is 40.0 Å². The van der Waals surface area contributed by atoms with Gasteiger partial charge in [0, 0.05) is 16.8 Å². The van der Waals surface area contributed by atoms with E-state index in [-0.39, 0.29) is 11.8 Å². The van der Waals surface area contributed by atoms with Crippen LogP contribution in [0.5, 0.6) is 0 Å². The van der Waals surface area contributed by atoms with Crippen LogP contribution in [0.3, 0.4) is 0 Å². The molecular weight excluding hydrogens is 266 g/mol. The minimum absolute atomic E-state index is 0.0466. The van der Waals surface area contributed by atoms with Crippen molar-refractivity contribution in [2.24, 2.45) is 11.1 Å². The summed E-state index contributed by atoms with van der Waals surface area (Å²) in [5.74, 6) is -0.185. The molecule has 0 spiro atoms. The molecule has 0 radical (unpaired) electrons. The van der Waals surface area contributed by atoms with E-state index < -0.39 is 11.0 Å². The predicted molar refractivity (Wildman–Crippen MR) is 83.9 cm³/mol. The van der Waals surface area contributed by atoms with E-state index in [9.17, 15) is 9.59 Å². The average Bonchev–Trinajstić information content (AvgIpc) is 2.37. The monoisotopic (exact) mass is 289 g/mol. The van der Waals surface area contributed by atoms with E-state index in [1.54, 1.807) is 24.3 Å². The summed E-state index contributed by atoms with van der Waals surface area (Å²) in [6, 6.07) is 7.06. The maximum absolute atomic E-state index is 12.0. The summed E-state index contributed by atoms with van der Waals surface area (Å²) in [5, 5.41) is 5.66. The van der Waals surface area contributed by atoms with Crippen molar-refractivity contribution in [2.45, 2.75) is 45.6 Å². The second-order valence-electron chi connectivity index (χ2n) is 6.75. The van der Waals surface area contributed by atoms with E-state index in [1.165, 1.54) is 0 Å². The normalized spacial score (nSPS) is 16.8. The third kappa shape index (κ3) is 3.61. The third-order valence-electron chi connectivity index (χ3n) is 3.78. The fourth-order valence-corrected chi connectivity index (χ4v) is 2.00. The minimum atomic E-state index is -0.709. The molecule has 1 aromatic rings. The zero-order valence-electron chi connectivity index (χ0n) is 12.8. The molecule has 1 aliphatic carbocycles. The first kappa shape index (κ1) is 15.5. The molecule has 0 heterocycles. The van der Waals surface area contributed by atoms with Crippen molar-refractivity contribution in [3.63, 3.8) is 0 Å². The summed E-state index contributed by atoms with van der Waals surface area (Å²) >= 11 is 0. The largest absolute Gasteiger partial charge is 0.326 e. The minimum Gasteiger partial charge on any atom is -0.326 e. The molecule has 0 aliphatic heterocycles. The van der Waals surface area contributed by atoms with Crippen LogP contribution in [0.15, 0.2) is 24.3 Å². The van der Waals surface area contributed by atoms with E-state index in [4.69, 9.17) is 5.73 Å². The van der Waals surface area contributed by atoms with E-state index in [0.29, 0.717) is 11.4 Å². The molecule has 0 aromatic heterocycles. The number of anilines is 2. The predicted octanol–water partition coefficient (Wildman–Crippen LogP) is 2.49. The molecule has 1 aliphatic rings. The van der Waals surface area contributed by atoms with E-state index >= 15 is 0 Å². The van der Waals surface area contributed by atoms with E-state index in [2.05, 4.69) is 10.6 Å². The Morgan fingerprint density at radius 2 is 1.52 bits per heavy atom. The molecule has 21 heavy (non-hydrogen) atoms. The van der Waals surface area contributed by atoms with Crippen LogP contribution in [0.2, 0.25) is 0 Å². The fourth-order valence-electron chi connectivity index (χ4n) is 2.00. The van der Waals surface area contributed by atoms with Crippen LogP contribution in [0, 0.1) is 5.41 Å². The Kier molecular flexibility index (Phi) is 4.05. The van der Waals surface area contributed by atoms with Gasteiger partial charge in [0.25, 0.3) is 0 Å². The van der Waals surface area contributed by atoms with Crippen LogP contribution in [0.25, 0.3) is 0 Å². The van der Waals surface area contributed by atoms with Crippen molar-refractivity contribution in [1.29, 1.82) is 0 Å². The Labute approximate surface area is 125 Å². The number of hydrogen-bond acceptors (Lipinski definition) is 3. The molecule has 0 unspecified atom stereocenters. The van der Waals surface area contributed by atoms with Gasteiger partial charge in [-0.2, -0.15) is 0 Å². The number of amides is 2. The molecular formula is C16H23N3O2. The number of carbonyl (C=O) groups is 2. The Hall–Kier alpha value is -1.88. The van der Waals surface area contributed by atoms with Gasteiger partial charge in [-0.25, -0.2) is 0 Å². The Morgan fingerprint density at radius 1 is 1.05 bits per heavy atom. The molecule has 4 N–H and O–H groups in total. The first-order valence-corrected chi connectivity index (χ1v) is 7.23. The molecule has 5 nitrogen and oxygen atoms in total. The molecule has 1 saturated carbocycles. The number of hydrogen-bond donors (Lipinski definition) is 3. The van der Waals surface area contributed by atoms with Gasteiger partial charge < -0.3 is 16.4 Å². The average molecular weight is 289 g/mol. The smallest absolute Gasteiger partial charge is 0.244 e. The van der Waals surface area contributed by atoms with Gasteiger partial charge in [-0.15, -0.1) is 0 Å². The molecule has 2 rings (SSSR count). The van der Waals surface area contributed by atoms with Gasteiger partial charge in [0.2, 0.25) is 11.8 Å². The van der Waals surface area contributed by atoms with Gasteiger partial charge >= 0.3 is 0 Å². The SMILES string of the molecule is CC(C)(C)C(=O)Nc1ccc(NC(=O)C2(N)CCC2)cc1. The van der Waals surface area contributed by atoms with Crippen LogP contribution in [-0.2, 0) is 9.59 Å². The zero-order chi connectivity index (χ0) is 15.7. The first-order chi connectivity index (χ1) is 9.71. The van der Waals surface area contributed by atoms with E-state index in [1.807, 2.05) is 20.8 Å². The Morgan fingerprint density at radius 3 is 1.90 bits per heavy atom. The highest BCUT2D eigenvalue weighted by molar-refractivity contribution is 5.99. The lowest BCUT2D eigenvalue weighted by Gasteiger charge is -2.36. The number of carbonyl (C=O) groups excluding carboxylic acids is 2. The number of rotatable bonds is 3. The molecule has 1 aromatic carbocycles. The second-order valence-corrected chi connectivity index (χ2v) is 6.75.